The first-order chi connectivity index (χ1) is 15.7. The Morgan fingerprint density at radius 1 is 1.18 bits per heavy atom. The van der Waals surface area contributed by atoms with Gasteiger partial charge in [0.1, 0.15) is 5.75 Å². The summed E-state index contributed by atoms with van der Waals surface area (Å²) in [6, 6.07) is 7.14. The molecule has 2 aliphatic heterocycles. The van der Waals surface area contributed by atoms with E-state index in [2.05, 4.69) is 38.7 Å². The molecule has 1 aromatic carbocycles. The smallest absolute Gasteiger partial charge is 0.229 e. The summed E-state index contributed by atoms with van der Waals surface area (Å²) in [4.78, 5) is 13.9. The van der Waals surface area contributed by atoms with Crippen LogP contribution < -0.4 is 5.32 Å². The van der Waals surface area contributed by atoms with Crippen molar-refractivity contribution in [2.75, 3.05) is 0 Å². The fourth-order valence-corrected chi connectivity index (χ4v) is 8.65. The van der Waals surface area contributed by atoms with Crippen LogP contribution in [0.3, 0.4) is 0 Å². The molecule has 1 spiro atoms. The van der Waals surface area contributed by atoms with Gasteiger partial charge in [0.25, 0.3) is 0 Å². The number of allylic oxidation sites excluding steroid dienone is 2. The third-order valence-corrected chi connectivity index (χ3v) is 9.85. The summed E-state index contributed by atoms with van der Waals surface area (Å²) in [6.45, 7) is 11.1. The summed E-state index contributed by atoms with van der Waals surface area (Å²) in [5.41, 5.74) is 2.66. The highest BCUT2D eigenvalue weighted by Gasteiger charge is 2.75. The zero-order chi connectivity index (χ0) is 23.2. The topological polar surface area (TPSA) is 78.8 Å². The van der Waals surface area contributed by atoms with Crippen molar-refractivity contribution in [1.29, 1.82) is 0 Å². The monoisotopic (exact) mass is 449 g/mol. The van der Waals surface area contributed by atoms with Crippen molar-refractivity contribution in [3.05, 3.63) is 53.6 Å². The maximum absolute atomic E-state index is 13.9. The minimum atomic E-state index is -0.837. The van der Waals surface area contributed by atoms with Gasteiger partial charge < -0.3 is 20.3 Å². The van der Waals surface area contributed by atoms with Crippen molar-refractivity contribution in [2.45, 2.75) is 64.4 Å². The van der Waals surface area contributed by atoms with Crippen LogP contribution >= 0.6 is 0 Å². The highest BCUT2D eigenvalue weighted by Crippen LogP contribution is 2.68. The van der Waals surface area contributed by atoms with Crippen LogP contribution in [0.4, 0.5) is 0 Å². The maximum atomic E-state index is 13.9. The summed E-state index contributed by atoms with van der Waals surface area (Å²) in [5.74, 6) is 1.15. The Balaban J connectivity index is 1.46. The molecule has 0 bridgehead atoms. The van der Waals surface area contributed by atoms with E-state index >= 15 is 0 Å². The van der Waals surface area contributed by atoms with E-state index in [-0.39, 0.29) is 59.5 Å². The van der Waals surface area contributed by atoms with Gasteiger partial charge in [-0.1, -0.05) is 44.2 Å². The normalized spacial score (nSPS) is 47.9. The summed E-state index contributed by atoms with van der Waals surface area (Å²) < 4.78 is 6.75. The number of phenolic OH excluding ortho intramolecular Hbond substituents is 1. The minimum absolute atomic E-state index is 0.000226. The molecule has 2 heterocycles. The SMILES string of the molecule is C=C1[C@@H](C)[C@H]2[C@H](Cc3ccc(O)cc3)NC(=O)[C@@]23[C@H]2[C@H]4[C@@H](C[C@H](C)C=C(C)[C@@H]4C[C@H]3O)O[C@H]12. The Bertz CT molecular complexity index is 1030. The van der Waals surface area contributed by atoms with Crippen LogP contribution in [0.2, 0.25) is 0 Å². The van der Waals surface area contributed by atoms with Crippen LogP contribution in [0.1, 0.15) is 39.2 Å². The number of amides is 1. The Hall–Kier alpha value is -2.11. The number of aliphatic hydroxyl groups excluding tert-OH is 1. The molecule has 2 saturated carbocycles. The van der Waals surface area contributed by atoms with Crippen molar-refractivity contribution in [1.82, 2.24) is 5.32 Å². The molecule has 3 aliphatic carbocycles. The first-order valence-corrected chi connectivity index (χ1v) is 12.5. The lowest BCUT2D eigenvalue weighted by Crippen LogP contribution is -2.64. The number of phenols is 1. The lowest BCUT2D eigenvalue weighted by molar-refractivity contribution is -0.166. The van der Waals surface area contributed by atoms with Gasteiger partial charge >= 0.3 is 0 Å². The molecule has 33 heavy (non-hydrogen) atoms. The third kappa shape index (κ3) is 2.75. The number of nitrogens with one attached hydrogen (secondary N) is 1. The van der Waals surface area contributed by atoms with E-state index in [1.807, 2.05) is 12.1 Å². The molecule has 0 unspecified atom stereocenters. The number of carbonyl (C=O) groups excluding carboxylic acids is 1. The number of rotatable bonds is 2. The molecule has 6 rings (SSSR count). The predicted molar refractivity (Wildman–Crippen MR) is 125 cm³/mol. The Kier molecular flexibility index (Phi) is 4.67. The zero-order valence-corrected chi connectivity index (χ0v) is 19.7. The Morgan fingerprint density at radius 3 is 2.64 bits per heavy atom. The van der Waals surface area contributed by atoms with Gasteiger partial charge in [-0.25, -0.2) is 0 Å². The first kappa shape index (κ1) is 21.4. The van der Waals surface area contributed by atoms with Crippen LogP contribution in [0.25, 0.3) is 0 Å². The van der Waals surface area contributed by atoms with E-state index in [1.54, 1.807) is 12.1 Å². The minimum Gasteiger partial charge on any atom is -0.508 e. The molecule has 5 aliphatic rings. The molecule has 176 valence electrons. The molecule has 3 N–H and O–H groups in total. The lowest BCUT2D eigenvalue weighted by atomic mass is 9.44. The number of carbonyl (C=O) groups is 1. The molecule has 0 aromatic heterocycles. The molecule has 11 atom stereocenters. The second kappa shape index (κ2) is 7.19. The molecular formula is C28H35NO4. The van der Waals surface area contributed by atoms with Crippen molar-refractivity contribution in [3.8, 4) is 5.75 Å². The molecule has 5 heteroatoms. The van der Waals surface area contributed by atoms with Gasteiger partial charge in [0.2, 0.25) is 5.91 Å². The maximum Gasteiger partial charge on any atom is 0.229 e. The highest BCUT2D eigenvalue weighted by atomic mass is 16.5. The van der Waals surface area contributed by atoms with E-state index in [4.69, 9.17) is 4.74 Å². The number of benzene rings is 1. The molecule has 1 amide bonds. The van der Waals surface area contributed by atoms with E-state index < -0.39 is 11.5 Å². The average Bonchev–Trinajstić information content (AvgIpc) is 3.23. The van der Waals surface area contributed by atoms with Crippen LogP contribution in [0, 0.1) is 40.9 Å². The summed E-state index contributed by atoms with van der Waals surface area (Å²) in [7, 11) is 0. The van der Waals surface area contributed by atoms with Gasteiger partial charge in [-0.3, -0.25) is 4.79 Å². The third-order valence-electron chi connectivity index (χ3n) is 9.85. The Labute approximate surface area is 195 Å². The summed E-state index contributed by atoms with van der Waals surface area (Å²) in [5, 5.41) is 24.8. The van der Waals surface area contributed by atoms with Gasteiger partial charge in [0.15, 0.2) is 0 Å². The average molecular weight is 450 g/mol. The van der Waals surface area contributed by atoms with E-state index in [1.165, 1.54) is 5.57 Å². The van der Waals surface area contributed by atoms with E-state index in [0.717, 1.165) is 17.6 Å². The van der Waals surface area contributed by atoms with Crippen molar-refractivity contribution < 1.29 is 19.7 Å². The molecule has 5 nitrogen and oxygen atoms in total. The van der Waals surface area contributed by atoms with Crippen LogP contribution in [-0.4, -0.2) is 40.5 Å². The second-order valence-corrected chi connectivity index (χ2v) is 11.5. The summed E-state index contributed by atoms with van der Waals surface area (Å²) >= 11 is 0. The molecule has 0 radical (unpaired) electrons. The largest absolute Gasteiger partial charge is 0.508 e. The predicted octanol–water partition coefficient (Wildman–Crippen LogP) is 3.61. The number of aromatic hydroxyl groups is 1. The van der Waals surface area contributed by atoms with Gasteiger partial charge in [0, 0.05) is 17.9 Å². The molecule has 2 saturated heterocycles. The fourth-order valence-electron chi connectivity index (χ4n) is 8.65. The number of aliphatic hydroxyl groups is 1. The first-order valence-electron chi connectivity index (χ1n) is 12.5. The quantitative estimate of drug-likeness (QED) is 0.603. The number of ether oxygens (including phenoxy) is 1. The highest BCUT2D eigenvalue weighted by molar-refractivity contribution is 5.88. The number of hydrogen-bond acceptors (Lipinski definition) is 4. The second-order valence-electron chi connectivity index (χ2n) is 11.5. The van der Waals surface area contributed by atoms with Crippen molar-refractivity contribution in [3.63, 3.8) is 0 Å². The standard InChI is InChI=1S/C28H35NO4/c1-13-9-14(2)19-12-22(31)28-24(15(3)16(4)26-25(28)23(19)21(10-13)33-26)20(29-27(28)32)11-17-5-7-18(30)8-6-17/h5-9,13,15,19-26,30-31H,4,10-12H2,1-3H3,(H,29,32)/t13-,15-,19+,20+,21-,22-,23-,24+,25+,26-,28-/m1/s1. The van der Waals surface area contributed by atoms with E-state index in [0.29, 0.717) is 18.8 Å². The molecular weight excluding hydrogens is 414 g/mol. The summed E-state index contributed by atoms with van der Waals surface area (Å²) in [6.07, 6.45) is 3.85. The van der Waals surface area contributed by atoms with Gasteiger partial charge in [-0.05, 0) is 73.1 Å². The molecule has 1 aromatic rings. The lowest BCUT2D eigenvalue weighted by Gasteiger charge is -2.57. The Morgan fingerprint density at radius 2 is 1.91 bits per heavy atom. The van der Waals surface area contributed by atoms with Crippen LogP contribution in [0.5, 0.6) is 5.75 Å². The van der Waals surface area contributed by atoms with Crippen molar-refractivity contribution in [2.24, 2.45) is 40.9 Å². The van der Waals surface area contributed by atoms with Crippen LogP contribution in [-0.2, 0) is 16.0 Å². The van der Waals surface area contributed by atoms with Gasteiger partial charge in [-0.15, -0.1) is 0 Å². The number of hydrogen-bond donors (Lipinski definition) is 3. The van der Waals surface area contributed by atoms with Gasteiger partial charge in [-0.2, -0.15) is 0 Å². The van der Waals surface area contributed by atoms with E-state index in [9.17, 15) is 15.0 Å². The van der Waals surface area contributed by atoms with Crippen molar-refractivity contribution >= 4 is 5.91 Å². The molecule has 4 fully saturated rings. The van der Waals surface area contributed by atoms with Gasteiger partial charge in [0.05, 0.1) is 23.7 Å². The van der Waals surface area contributed by atoms with Crippen LogP contribution in [0.15, 0.2) is 48.1 Å². The fraction of sp³-hybridized carbons (Fsp3) is 0.607. The zero-order valence-electron chi connectivity index (χ0n) is 19.7.